The summed E-state index contributed by atoms with van der Waals surface area (Å²) in [5.74, 6) is -0.863. The van der Waals surface area contributed by atoms with Gasteiger partial charge >= 0.3 is 0 Å². The van der Waals surface area contributed by atoms with Gasteiger partial charge in [0.2, 0.25) is 0 Å². The third kappa shape index (κ3) is 2.34. The number of hydrogen-bond donors (Lipinski definition) is 1. The molecule has 82 valence electrons. The summed E-state index contributed by atoms with van der Waals surface area (Å²) in [5, 5.41) is 9.33. The summed E-state index contributed by atoms with van der Waals surface area (Å²) in [6.07, 6.45) is 2.74. The Morgan fingerprint density at radius 2 is 1.73 bits per heavy atom. The molecule has 0 amide bonds. The Morgan fingerprint density at radius 3 is 2.33 bits per heavy atom. The van der Waals surface area contributed by atoms with Crippen LogP contribution in [0, 0.1) is 11.6 Å². The smallest absolute Gasteiger partial charge is 0.129 e. The molecule has 0 aliphatic heterocycles. The van der Waals surface area contributed by atoms with Gasteiger partial charge < -0.3 is 5.11 Å². The first kappa shape index (κ1) is 10.6. The quantitative estimate of drug-likeness (QED) is 0.758. The highest BCUT2D eigenvalue weighted by molar-refractivity contribution is 5.23. The molecule has 0 unspecified atom stereocenters. The Labute approximate surface area is 87.7 Å². The minimum absolute atomic E-state index is 0.133. The Balaban J connectivity index is 2.15. The number of benzene rings is 1. The highest BCUT2D eigenvalue weighted by Gasteiger charge is 2.22. The van der Waals surface area contributed by atoms with Gasteiger partial charge in [0.25, 0.3) is 0 Å². The first-order valence-electron chi connectivity index (χ1n) is 5.30. The Hall–Kier alpha value is -0.960. The SMILES string of the molecule is O[C@H]1CC[C@@H](c2ccc(F)cc2F)CC1. The zero-order valence-electron chi connectivity index (χ0n) is 8.42. The molecule has 1 aromatic carbocycles. The van der Waals surface area contributed by atoms with Crippen LogP contribution in [0.5, 0.6) is 0 Å². The van der Waals surface area contributed by atoms with Crippen molar-refractivity contribution >= 4 is 0 Å². The molecule has 1 fully saturated rings. The molecule has 0 radical (unpaired) electrons. The first-order valence-corrected chi connectivity index (χ1v) is 5.30. The topological polar surface area (TPSA) is 20.2 Å². The third-order valence-electron chi connectivity index (χ3n) is 3.10. The van der Waals surface area contributed by atoms with Gasteiger partial charge in [-0.25, -0.2) is 8.78 Å². The van der Waals surface area contributed by atoms with Crippen molar-refractivity contribution in [2.24, 2.45) is 0 Å². The molecule has 0 bridgehead atoms. The average Bonchev–Trinajstić information content (AvgIpc) is 2.20. The van der Waals surface area contributed by atoms with Crippen LogP contribution in [-0.4, -0.2) is 11.2 Å². The molecular weight excluding hydrogens is 198 g/mol. The van der Waals surface area contributed by atoms with Crippen LogP contribution in [0.1, 0.15) is 37.2 Å². The van der Waals surface area contributed by atoms with Crippen LogP contribution in [0.3, 0.4) is 0 Å². The largest absolute Gasteiger partial charge is 0.393 e. The van der Waals surface area contributed by atoms with Gasteiger partial charge in [0.05, 0.1) is 6.10 Å². The molecule has 0 spiro atoms. The van der Waals surface area contributed by atoms with Crippen LogP contribution < -0.4 is 0 Å². The second-order valence-electron chi connectivity index (χ2n) is 4.17. The lowest BCUT2D eigenvalue weighted by atomic mass is 9.82. The van der Waals surface area contributed by atoms with Crippen LogP contribution in [-0.2, 0) is 0 Å². The summed E-state index contributed by atoms with van der Waals surface area (Å²) in [6.45, 7) is 0. The van der Waals surface area contributed by atoms with Gasteiger partial charge in [-0.05, 0) is 43.2 Å². The van der Waals surface area contributed by atoms with Crippen molar-refractivity contribution in [1.82, 2.24) is 0 Å². The van der Waals surface area contributed by atoms with E-state index in [4.69, 9.17) is 0 Å². The minimum Gasteiger partial charge on any atom is -0.393 e. The Morgan fingerprint density at radius 1 is 1.07 bits per heavy atom. The van der Waals surface area contributed by atoms with E-state index in [1.165, 1.54) is 12.1 Å². The molecule has 1 aliphatic rings. The molecule has 0 saturated heterocycles. The monoisotopic (exact) mass is 212 g/mol. The second-order valence-corrected chi connectivity index (χ2v) is 4.17. The Bertz CT molecular complexity index is 343. The van der Waals surface area contributed by atoms with Crippen molar-refractivity contribution in [1.29, 1.82) is 0 Å². The zero-order chi connectivity index (χ0) is 10.8. The zero-order valence-corrected chi connectivity index (χ0v) is 8.42. The van der Waals surface area contributed by atoms with Crippen LogP contribution in [0.2, 0.25) is 0 Å². The maximum Gasteiger partial charge on any atom is 0.129 e. The van der Waals surface area contributed by atoms with Crippen molar-refractivity contribution < 1.29 is 13.9 Å². The first-order chi connectivity index (χ1) is 7.16. The van der Waals surface area contributed by atoms with Gasteiger partial charge in [0.15, 0.2) is 0 Å². The standard InChI is InChI=1S/C12H14F2O/c13-9-3-6-11(12(14)7-9)8-1-4-10(15)5-2-8/h3,6-8,10,15H,1-2,4-5H2/t8-,10+. The van der Waals surface area contributed by atoms with Gasteiger partial charge in [-0.3, -0.25) is 0 Å². The minimum atomic E-state index is -0.535. The summed E-state index contributed by atoms with van der Waals surface area (Å²) >= 11 is 0. The molecule has 0 atom stereocenters. The van der Waals surface area contributed by atoms with Crippen molar-refractivity contribution in [3.8, 4) is 0 Å². The molecule has 0 heterocycles. The van der Waals surface area contributed by atoms with E-state index in [1.807, 2.05) is 0 Å². The molecule has 1 nitrogen and oxygen atoms in total. The molecule has 3 heteroatoms. The third-order valence-corrected chi connectivity index (χ3v) is 3.10. The fourth-order valence-electron chi connectivity index (χ4n) is 2.22. The van der Waals surface area contributed by atoms with Crippen molar-refractivity contribution in [2.45, 2.75) is 37.7 Å². The number of rotatable bonds is 1. The number of aliphatic hydroxyl groups excluding tert-OH is 1. The molecule has 1 aromatic rings. The lowest BCUT2D eigenvalue weighted by molar-refractivity contribution is 0.122. The van der Waals surface area contributed by atoms with E-state index in [9.17, 15) is 13.9 Å². The summed E-state index contributed by atoms with van der Waals surface area (Å²) in [7, 11) is 0. The predicted octanol–water partition coefficient (Wildman–Crippen LogP) is 2.98. The van der Waals surface area contributed by atoms with Gasteiger partial charge in [0, 0.05) is 6.07 Å². The summed E-state index contributed by atoms with van der Waals surface area (Å²) in [5.41, 5.74) is 0.586. The molecule has 1 saturated carbocycles. The normalized spacial score (nSPS) is 26.6. The van der Waals surface area contributed by atoms with Crippen molar-refractivity contribution in [2.75, 3.05) is 0 Å². The number of halogens is 2. The molecule has 15 heavy (non-hydrogen) atoms. The van der Waals surface area contributed by atoms with E-state index in [0.717, 1.165) is 18.9 Å². The molecule has 1 aliphatic carbocycles. The molecule has 1 N–H and O–H groups in total. The fourth-order valence-corrected chi connectivity index (χ4v) is 2.22. The maximum atomic E-state index is 13.4. The van der Waals surface area contributed by atoms with E-state index in [2.05, 4.69) is 0 Å². The van der Waals surface area contributed by atoms with E-state index in [-0.39, 0.29) is 12.0 Å². The van der Waals surface area contributed by atoms with E-state index < -0.39 is 11.6 Å². The highest BCUT2D eigenvalue weighted by Crippen LogP contribution is 2.34. The number of hydrogen-bond acceptors (Lipinski definition) is 1. The van der Waals surface area contributed by atoms with Gasteiger partial charge in [0.1, 0.15) is 11.6 Å². The highest BCUT2D eigenvalue weighted by atomic mass is 19.1. The van der Waals surface area contributed by atoms with Crippen LogP contribution in [0.15, 0.2) is 18.2 Å². The van der Waals surface area contributed by atoms with E-state index >= 15 is 0 Å². The molecular formula is C12H14F2O. The van der Waals surface area contributed by atoms with Gasteiger partial charge in [-0.15, -0.1) is 0 Å². The lowest BCUT2D eigenvalue weighted by Crippen LogP contribution is -2.17. The van der Waals surface area contributed by atoms with Gasteiger partial charge in [-0.1, -0.05) is 6.07 Å². The van der Waals surface area contributed by atoms with E-state index in [1.54, 1.807) is 0 Å². The fraction of sp³-hybridized carbons (Fsp3) is 0.500. The maximum absolute atomic E-state index is 13.4. The van der Waals surface area contributed by atoms with Crippen molar-refractivity contribution in [3.05, 3.63) is 35.4 Å². The Kier molecular flexibility index (Phi) is 3.00. The predicted molar refractivity (Wildman–Crippen MR) is 53.6 cm³/mol. The summed E-state index contributed by atoms with van der Waals surface area (Å²) < 4.78 is 26.1. The van der Waals surface area contributed by atoms with Crippen LogP contribution in [0.25, 0.3) is 0 Å². The average molecular weight is 212 g/mol. The van der Waals surface area contributed by atoms with Crippen LogP contribution in [0.4, 0.5) is 8.78 Å². The lowest BCUT2D eigenvalue weighted by Gasteiger charge is -2.25. The molecule has 0 aromatic heterocycles. The number of aliphatic hydroxyl groups is 1. The summed E-state index contributed by atoms with van der Waals surface area (Å²) in [6, 6.07) is 3.75. The van der Waals surface area contributed by atoms with Crippen molar-refractivity contribution in [3.63, 3.8) is 0 Å². The second kappa shape index (κ2) is 4.27. The molecule has 2 rings (SSSR count). The van der Waals surface area contributed by atoms with Crippen LogP contribution >= 0.6 is 0 Å². The van der Waals surface area contributed by atoms with Gasteiger partial charge in [-0.2, -0.15) is 0 Å². The summed E-state index contributed by atoms with van der Waals surface area (Å²) in [4.78, 5) is 0. The van der Waals surface area contributed by atoms with E-state index in [0.29, 0.717) is 18.4 Å².